The molecule has 0 radical (unpaired) electrons. The fourth-order valence-corrected chi connectivity index (χ4v) is 3.49. The Morgan fingerprint density at radius 1 is 0.839 bits per heavy atom. The lowest BCUT2D eigenvalue weighted by Crippen LogP contribution is -2.45. The Bertz CT molecular complexity index is 865. The van der Waals surface area contributed by atoms with Crippen LogP contribution in [0.4, 0.5) is 26.3 Å². The van der Waals surface area contributed by atoms with Crippen molar-refractivity contribution < 1.29 is 40.6 Å². The first-order chi connectivity index (χ1) is 14.6. The van der Waals surface area contributed by atoms with E-state index < -0.39 is 24.5 Å². The van der Waals surface area contributed by atoms with Crippen LogP contribution in [0.25, 0.3) is 0 Å². The molecule has 1 aliphatic heterocycles. The maximum atomic E-state index is 12.6. The molecule has 31 heavy (non-hydrogen) atoms. The number of methoxy groups -OCH3 is 1. The summed E-state index contributed by atoms with van der Waals surface area (Å²) in [5.41, 5.74) is 1.20. The van der Waals surface area contributed by atoms with Gasteiger partial charge in [-0.15, -0.1) is 26.3 Å². The van der Waals surface area contributed by atoms with Crippen molar-refractivity contribution in [2.24, 2.45) is 0 Å². The number of benzene rings is 2. The summed E-state index contributed by atoms with van der Waals surface area (Å²) in [6.07, 6.45) is -9.66. The minimum atomic E-state index is -4.85. The quantitative estimate of drug-likeness (QED) is 0.658. The molecule has 2 aromatic rings. The average molecular weight is 450 g/mol. The highest BCUT2D eigenvalue weighted by Gasteiger charge is 2.33. The molecule has 3 rings (SSSR count). The number of hydrogen-bond acceptors (Lipinski definition) is 5. The number of nitrogens with zero attached hydrogens (tertiary/aromatic N) is 1. The summed E-state index contributed by atoms with van der Waals surface area (Å²) in [4.78, 5) is 2.07. The van der Waals surface area contributed by atoms with Crippen molar-refractivity contribution >= 4 is 0 Å². The van der Waals surface area contributed by atoms with Gasteiger partial charge in [0.2, 0.25) is 0 Å². The molecule has 2 aromatic carbocycles. The van der Waals surface area contributed by atoms with E-state index in [1.54, 1.807) is 0 Å². The Morgan fingerprint density at radius 3 is 1.94 bits per heavy atom. The lowest BCUT2D eigenvalue weighted by atomic mass is 9.95. The fraction of sp³-hybridized carbons (Fsp3) is 0.400. The predicted octanol–water partition coefficient (Wildman–Crippen LogP) is 4.49. The molecule has 1 heterocycles. The molecular weight excluding hydrogens is 430 g/mol. The lowest BCUT2D eigenvalue weighted by Gasteiger charge is -2.36. The molecule has 0 amide bonds. The number of piperazine rings is 1. The average Bonchev–Trinajstić information content (AvgIpc) is 2.69. The second kappa shape index (κ2) is 9.23. The van der Waals surface area contributed by atoms with Gasteiger partial charge in [-0.3, -0.25) is 4.90 Å². The molecule has 0 bridgehead atoms. The molecule has 1 aliphatic rings. The van der Waals surface area contributed by atoms with E-state index >= 15 is 0 Å². The molecule has 0 spiro atoms. The molecule has 1 saturated heterocycles. The topological polar surface area (TPSA) is 43.0 Å². The van der Waals surface area contributed by atoms with Gasteiger partial charge in [-0.25, -0.2) is 0 Å². The monoisotopic (exact) mass is 450 g/mol. The van der Waals surface area contributed by atoms with E-state index in [1.165, 1.54) is 43.5 Å². The Kier molecular flexibility index (Phi) is 6.85. The summed E-state index contributed by atoms with van der Waals surface area (Å²) < 4.78 is 88.3. The molecule has 0 unspecified atom stereocenters. The number of nitrogens with one attached hydrogen (secondary N) is 1. The van der Waals surface area contributed by atoms with Crippen molar-refractivity contribution in [2.75, 3.05) is 33.3 Å². The van der Waals surface area contributed by atoms with Crippen LogP contribution >= 0.6 is 0 Å². The molecule has 0 aromatic heterocycles. The highest BCUT2D eigenvalue weighted by atomic mass is 19.4. The third-order valence-corrected chi connectivity index (χ3v) is 4.68. The number of halogens is 6. The third-order valence-electron chi connectivity index (χ3n) is 4.68. The van der Waals surface area contributed by atoms with E-state index in [4.69, 9.17) is 4.74 Å². The van der Waals surface area contributed by atoms with Gasteiger partial charge in [0.15, 0.2) is 0 Å². The smallest absolute Gasteiger partial charge is 0.496 e. The van der Waals surface area contributed by atoms with E-state index in [0.717, 1.165) is 6.07 Å². The standard InChI is InChI=1S/C20H20F6N2O3/c1-29-17-12-15(31-20(24,25)26)6-7-16(17)18(28-10-8-27-9-11-28)13-2-4-14(5-3-13)30-19(21,22)23/h2-7,12,18,27H,8-11H2,1H3/t18-/m0/s1. The van der Waals surface area contributed by atoms with Gasteiger partial charge in [0, 0.05) is 37.8 Å². The SMILES string of the molecule is COc1cc(OC(F)(F)F)ccc1[C@H](c1ccc(OC(F)(F)F)cc1)N1CCNCC1. The molecule has 170 valence electrons. The Balaban J connectivity index is 1.98. The van der Waals surface area contributed by atoms with Gasteiger partial charge in [-0.2, -0.15) is 0 Å². The number of hydrogen-bond donors (Lipinski definition) is 1. The highest BCUT2D eigenvalue weighted by Crippen LogP contribution is 2.38. The number of alkyl halides is 6. The Hall–Kier alpha value is -2.66. The van der Waals surface area contributed by atoms with Crippen LogP contribution in [0.15, 0.2) is 42.5 Å². The summed E-state index contributed by atoms with van der Waals surface area (Å²) in [6, 6.07) is 8.71. The van der Waals surface area contributed by atoms with Crippen LogP contribution in [-0.4, -0.2) is 50.9 Å². The molecule has 0 saturated carbocycles. The van der Waals surface area contributed by atoms with Crippen molar-refractivity contribution in [2.45, 2.75) is 18.8 Å². The van der Waals surface area contributed by atoms with Gasteiger partial charge in [0.25, 0.3) is 0 Å². The highest BCUT2D eigenvalue weighted by molar-refractivity contribution is 5.47. The fourth-order valence-electron chi connectivity index (χ4n) is 3.49. The van der Waals surface area contributed by atoms with Gasteiger partial charge >= 0.3 is 12.7 Å². The van der Waals surface area contributed by atoms with Crippen molar-refractivity contribution in [1.29, 1.82) is 0 Å². The minimum absolute atomic E-state index is 0.168. The van der Waals surface area contributed by atoms with Crippen LogP contribution in [0.5, 0.6) is 17.2 Å². The molecular formula is C20H20F6N2O3. The zero-order valence-electron chi connectivity index (χ0n) is 16.4. The molecule has 0 aliphatic carbocycles. The van der Waals surface area contributed by atoms with Crippen LogP contribution in [-0.2, 0) is 0 Å². The Morgan fingerprint density at radius 2 is 1.39 bits per heavy atom. The van der Waals surface area contributed by atoms with Gasteiger partial charge in [0.1, 0.15) is 17.2 Å². The normalized spacial score (nSPS) is 16.6. The summed E-state index contributed by atoms with van der Waals surface area (Å²) in [5, 5.41) is 3.21. The zero-order chi connectivity index (χ0) is 22.6. The first-order valence-corrected chi connectivity index (χ1v) is 9.30. The van der Waals surface area contributed by atoms with E-state index in [-0.39, 0.29) is 11.5 Å². The minimum Gasteiger partial charge on any atom is -0.496 e. The lowest BCUT2D eigenvalue weighted by molar-refractivity contribution is -0.275. The van der Waals surface area contributed by atoms with Crippen molar-refractivity contribution in [3.63, 3.8) is 0 Å². The van der Waals surface area contributed by atoms with E-state index in [0.29, 0.717) is 37.3 Å². The van der Waals surface area contributed by atoms with Gasteiger partial charge in [-0.05, 0) is 29.8 Å². The largest absolute Gasteiger partial charge is 0.573 e. The van der Waals surface area contributed by atoms with Crippen molar-refractivity contribution in [1.82, 2.24) is 10.2 Å². The Labute approximate surface area is 174 Å². The van der Waals surface area contributed by atoms with E-state index in [1.807, 2.05) is 0 Å². The van der Waals surface area contributed by atoms with Crippen LogP contribution in [0.2, 0.25) is 0 Å². The van der Waals surface area contributed by atoms with Gasteiger partial charge < -0.3 is 19.5 Å². The van der Waals surface area contributed by atoms with Crippen LogP contribution in [0, 0.1) is 0 Å². The summed E-state index contributed by atoms with van der Waals surface area (Å²) >= 11 is 0. The molecule has 1 N–H and O–H groups in total. The summed E-state index contributed by atoms with van der Waals surface area (Å²) in [7, 11) is 1.32. The van der Waals surface area contributed by atoms with Gasteiger partial charge in [-0.1, -0.05) is 12.1 Å². The van der Waals surface area contributed by atoms with Crippen molar-refractivity contribution in [3.8, 4) is 17.2 Å². The number of ether oxygens (including phenoxy) is 3. The molecule has 11 heteroatoms. The van der Waals surface area contributed by atoms with Crippen LogP contribution < -0.4 is 19.5 Å². The van der Waals surface area contributed by atoms with E-state index in [2.05, 4.69) is 19.7 Å². The van der Waals surface area contributed by atoms with Crippen molar-refractivity contribution in [3.05, 3.63) is 53.6 Å². The van der Waals surface area contributed by atoms with Crippen LogP contribution in [0.1, 0.15) is 17.2 Å². The number of rotatable bonds is 6. The molecule has 1 atom stereocenters. The third kappa shape index (κ3) is 6.41. The summed E-state index contributed by atoms with van der Waals surface area (Å²) in [6.45, 7) is 2.61. The zero-order valence-corrected chi connectivity index (χ0v) is 16.4. The maximum Gasteiger partial charge on any atom is 0.573 e. The second-order valence-corrected chi connectivity index (χ2v) is 6.76. The second-order valence-electron chi connectivity index (χ2n) is 6.76. The summed E-state index contributed by atoms with van der Waals surface area (Å²) in [5.74, 6) is -0.627. The van der Waals surface area contributed by atoms with Gasteiger partial charge in [0.05, 0.1) is 13.2 Å². The first-order valence-electron chi connectivity index (χ1n) is 9.30. The maximum absolute atomic E-state index is 12.6. The van der Waals surface area contributed by atoms with Crippen LogP contribution in [0.3, 0.4) is 0 Å². The molecule has 5 nitrogen and oxygen atoms in total. The molecule has 1 fully saturated rings. The first kappa shape index (κ1) is 23.0. The van der Waals surface area contributed by atoms with E-state index in [9.17, 15) is 26.3 Å². The predicted molar refractivity (Wildman–Crippen MR) is 99.1 cm³/mol.